The van der Waals surface area contributed by atoms with Crippen LogP contribution in [0.1, 0.15) is 5.69 Å². The fourth-order valence-corrected chi connectivity index (χ4v) is 2.16. The standard InChI is InChI=1S/C10H11ClN4O/c1-6-5-15-10(12-6)7-8(9(11)13-15)16-4-3-14(7)2/h5H,3-4H2,1-2H3. The third kappa shape index (κ3) is 1.24. The Morgan fingerprint density at radius 1 is 1.50 bits per heavy atom. The number of likely N-dealkylation sites (N-methyl/N-ethyl adjacent to an activating group) is 1. The second kappa shape index (κ2) is 3.25. The summed E-state index contributed by atoms with van der Waals surface area (Å²) in [5.74, 6) is 0.633. The Hall–Kier alpha value is -1.49. The van der Waals surface area contributed by atoms with Gasteiger partial charge in [-0.05, 0) is 6.92 Å². The molecule has 3 rings (SSSR count). The highest BCUT2D eigenvalue weighted by Crippen LogP contribution is 2.38. The van der Waals surface area contributed by atoms with Crippen molar-refractivity contribution in [2.24, 2.45) is 0 Å². The molecule has 84 valence electrons. The zero-order valence-corrected chi connectivity index (χ0v) is 9.82. The number of hydrogen-bond donors (Lipinski definition) is 0. The normalized spacial score (nSPS) is 15.1. The lowest BCUT2D eigenvalue weighted by Crippen LogP contribution is -2.30. The van der Waals surface area contributed by atoms with Gasteiger partial charge in [-0.1, -0.05) is 11.6 Å². The summed E-state index contributed by atoms with van der Waals surface area (Å²) in [7, 11) is 2.00. The lowest BCUT2D eigenvalue weighted by molar-refractivity contribution is 0.309. The Bertz CT molecular complexity index is 565. The maximum atomic E-state index is 6.08. The van der Waals surface area contributed by atoms with Crippen LogP contribution in [-0.4, -0.2) is 34.8 Å². The number of aryl methyl sites for hydroxylation is 1. The summed E-state index contributed by atoms with van der Waals surface area (Å²) >= 11 is 6.08. The topological polar surface area (TPSA) is 42.7 Å². The molecule has 0 saturated heterocycles. The van der Waals surface area contributed by atoms with E-state index in [0.29, 0.717) is 17.5 Å². The van der Waals surface area contributed by atoms with Gasteiger partial charge in [0.1, 0.15) is 12.3 Å². The molecular weight excluding hydrogens is 228 g/mol. The second-order valence-corrected chi connectivity index (χ2v) is 4.25. The maximum Gasteiger partial charge on any atom is 0.194 e. The third-order valence-electron chi connectivity index (χ3n) is 2.67. The first-order chi connectivity index (χ1) is 7.66. The predicted octanol–water partition coefficient (Wildman–Crippen LogP) is 1.52. The van der Waals surface area contributed by atoms with Gasteiger partial charge in [0.2, 0.25) is 0 Å². The molecule has 0 fully saturated rings. The van der Waals surface area contributed by atoms with Crippen LogP contribution in [-0.2, 0) is 0 Å². The molecule has 0 amide bonds. The van der Waals surface area contributed by atoms with Crippen LogP contribution < -0.4 is 9.64 Å². The Kier molecular flexibility index (Phi) is 1.97. The van der Waals surface area contributed by atoms with Crippen molar-refractivity contribution in [3.05, 3.63) is 17.0 Å². The molecule has 0 atom stereocenters. The summed E-state index contributed by atoms with van der Waals surface area (Å²) in [5.41, 5.74) is 2.62. The molecule has 1 aliphatic heterocycles. The molecule has 0 spiro atoms. The van der Waals surface area contributed by atoms with E-state index in [1.165, 1.54) is 0 Å². The number of fused-ring (bicyclic) bond motifs is 3. The lowest BCUT2D eigenvalue weighted by Gasteiger charge is -2.27. The number of hydrogen-bond acceptors (Lipinski definition) is 4. The minimum atomic E-state index is 0.381. The molecule has 0 radical (unpaired) electrons. The first-order valence-corrected chi connectivity index (χ1v) is 5.44. The Balaban J connectivity index is 2.40. The minimum absolute atomic E-state index is 0.381. The van der Waals surface area contributed by atoms with E-state index >= 15 is 0 Å². The first kappa shape index (κ1) is 9.72. The molecule has 1 aliphatic rings. The molecular formula is C10H11ClN4O. The van der Waals surface area contributed by atoms with E-state index in [-0.39, 0.29) is 0 Å². The lowest BCUT2D eigenvalue weighted by atomic mass is 10.3. The average Bonchev–Trinajstić information content (AvgIpc) is 2.59. The van der Waals surface area contributed by atoms with Gasteiger partial charge >= 0.3 is 0 Å². The summed E-state index contributed by atoms with van der Waals surface area (Å²) in [4.78, 5) is 6.53. The molecule has 0 N–H and O–H groups in total. The molecule has 16 heavy (non-hydrogen) atoms. The van der Waals surface area contributed by atoms with Crippen LogP contribution in [0.15, 0.2) is 6.20 Å². The monoisotopic (exact) mass is 238 g/mol. The summed E-state index contributed by atoms with van der Waals surface area (Å²) in [6.45, 7) is 3.38. The van der Waals surface area contributed by atoms with Crippen molar-refractivity contribution in [2.75, 3.05) is 25.1 Å². The Morgan fingerprint density at radius 2 is 2.31 bits per heavy atom. The molecule has 6 heteroatoms. The van der Waals surface area contributed by atoms with Crippen molar-refractivity contribution < 1.29 is 4.74 Å². The van der Waals surface area contributed by atoms with E-state index in [1.807, 2.05) is 20.2 Å². The van der Waals surface area contributed by atoms with Crippen molar-refractivity contribution >= 4 is 22.9 Å². The van der Waals surface area contributed by atoms with E-state index in [2.05, 4.69) is 15.0 Å². The predicted molar refractivity (Wildman–Crippen MR) is 61.5 cm³/mol. The fraction of sp³-hybridized carbons (Fsp3) is 0.400. The van der Waals surface area contributed by atoms with Crippen LogP contribution in [0.3, 0.4) is 0 Å². The SMILES string of the molecule is Cc1cn2nc(Cl)c3c(c2n1)N(C)CCO3. The van der Waals surface area contributed by atoms with Gasteiger partial charge in [0, 0.05) is 7.05 Å². The van der Waals surface area contributed by atoms with Crippen molar-refractivity contribution in [1.82, 2.24) is 14.6 Å². The third-order valence-corrected chi connectivity index (χ3v) is 2.92. The molecule has 2 aromatic heterocycles. The van der Waals surface area contributed by atoms with Gasteiger partial charge in [-0.15, -0.1) is 0 Å². The highest BCUT2D eigenvalue weighted by molar-refractivity contribution is 6.31. The zero-order chi connectivity index (χ0) is 11.3. The van der Waals surface area contributed by atoms with Crippen LogP contribution >= 0.6 is 11.6 Å². The highest BCUT2D eigenvalue weighted by atomic mass is 35.5. The minimum Gasteiger partial charge on any atom is -0.486 e. The molecule has 2 aromatic rings. The van der Waals surface area contributed by atoms with E-state index in [0.717, 1.165) is 23.6 Å². The number of imidazole rings is 1. The van der Waals surface area contributed by atoms with Crippen LogP contribution in [0.25, 0.3) is 5.65 Å². The average molecular weight is 239 g/mol. The number of anilines is 1. The number of aromatic nitrogens is 3. The molecule has 0 aliphatic carbocycles. The van der Waals surface area contributed by atoms with E-state index < -0.39 is 0 Å². The largest absolute Gasteiger partial charge is 0.486 e. The van der Waals surface area contributed by atoms with Crippen molar-refractivity contribution in [3.8, 4) is 5.75 Å². The zero-order valence-electron chi connectivity index (χ0n) is 9.07. The number of nitrogens with zero attached hydrogens (tertiary/aromatic N) is 4. The molecule has 3 heterocycles. The van der Waals surface area contributed by atoms with Crippen molar-refractivity contribution in [2.45, 2.75) is 6.92 Å². The summed E-state index contributed by atoms with van der Waals surface area (Å²) in [6.07, 6.45) is 1.85. The van der Waals surface area contributed by atoms with Gasteiger partial charge in [0.05, 0.1) is 18.4 Å². The number of ether oxygens (including phenoxy) is 1. The summed E-state index contributed by atoms with van der Waals surface area (Å²) in [6, 6.07) is 0. The summed E-state index contributed by atoms with van der Waals surface area (Å²) < 4.78 is 7.25. The summed E-state index contributed by atoms with van der Waals surface area (Å²) in [5, 5.41) is 4.59. The van der Waals surface area contributed by atoms with Gasteiger partial charge in [-0.3, -0.25) is 0 Å². The Labute approximate surface area is 97.6 Å². The van der Waals surface area contributed by atoms with Gasteiger partial charge in [-0.25, -0.2) is 9.50 Å². The van der Waals surface area contributed by atoms with Gasteiger partial charge < -0.3 is 9.64 Å². The van der Waals surface area contributed by atoms with Crippen LogP contribution in [0.5, 0.6) is 5.75 Å². The van der Waals surface area contributed by atoms with E-state index in [9.17, 15) is 0 Å². The van der Waals surface area contributed by atoms with Crippen LogP contribution in [0.2, 0.25) is 5.15 Å². The smallest absolute Gasteiger partial charge is 0.194 e. The Morgan fingerprint density at radius 3 is 3.12 bits per heavy atom. The van der Waals surface area contributed by atoms with Crippen molar-refractivity contribution in [1.29, 1.82) is 0 Å². The molecule has 0 aromatic carbocycles. The fourth-order valence-electron chi connectivity index (χ4n) is 1.93. The highest BCUT2D eigenvalue weighted by Gasteiger charge is 2.24. The first-order valence-electron chi connectivity index (χ1n) is 5.06. The number of rotatable bonds is 0. The number of halogens is 1. The molecule has 0 bridgehead atoms. The van der Waals surface area contributed by atoms with E-state index in [1.54, 1.807) is 4.52 Å². The van der Waals surface area contributed by atoms with Gasteiger partial charge in [0.25, 0.3) is 0 Å². The second-order valence-electron chi connectivity index (χ2n) is 3.89. The van der Waals surface area contributed by atoms with E-state index in [4.69, 9.17) is 16.3 Å². The van der Waals surface area contributed by atoms with Crippen LogP contribution in [0.4, 0.5) is 5.69 Å². The van der Waals surface area contributed by atoms with Crippen molar-refractivity contribution in [3.63, 3.8) is 0 Å². The maximum absolute atomic E-state index is 6.08. The van der Waals surface area contributed by atoms with Crippen LogP contribution in [0, 0.1) is 6.92 Å². The van der Waals surface area contributed by atoms with Gasteiger partial charge in [0.15, 0.2) is 16.5 Å². The molecule has 5 nitrogen and oxygen atoms in total. The molecule has 0 unspecified atom stereocenters. The molecule has 0 saturated carbocycles. The van der Waals surface area contributed by atoms with Gasteiger partial charge in [-0.2, -0.15) is 5.10 Å². The quantitative estimate of drug-likeness (QED) is 0.698.